The van der Waals surface area contributed by atoms with Gasteiger partial charge in [-0.3, -0.25) is 24.3 Å². The number of phosphoric acid groups is 1. The molecule has 236 valence electrons. The summed E-state index contributed by atoms with van der Waals surface area (Å²) < 4.78 is 16.2. The Labute approximate surface area is 254 Å². The molecular formula is C32H46N3O7P. The molecule has 0 aromatic heterocycles. The Bertz CT molecular complexity index is 1310. The summed E-state index contributed by atoms with van der Waals surface area (Å²) in [6.07, 6.45) is 4.70. The highest BCUT2D eigenvalue weighted by atomic mass is 31.2. The van der Waals surface area contributed by atoms with Crippen molar-refractivity contribution in [2.45, 2.75) is 89.9 Å². The third-order valence-electron chi connectivity index (χ3n) is 8.55. The SMILES string of the molecule is Cc1c(OP(=O)(O)O)cccc1C(=O)NC(Cc1ccccc1)C(O)CN1CC2CCCCC2CC1C(=O)NC(C)(C)C. The van der Waals surface area contributed by atoms with E-state index in [0.717, 1.165) is 31.4 Å². The van der Waals surface area contributed by atoms with Crippen LogP contribution in [-0.2, 0) is 15.8 Å². The number of nitrogens with one attached hydrogen (secondary N) is 2. The Morgan fingerprint density at radius 1 is 1.05 bits per heavy atom. The summed E-state index contributed by atoms with van der Waals surface area (Å²) in [5.41, 5.74) is 0.997. The summed E-state index contributed by atoms with van der Waals surface area (Å²) in [7, 11) is -4.82. The zero-order valence-corrected chi connectivity index (χ0v) is 26.4. The lowest BCUT2D eigenvalue weighted by atomic mass is 9.72. The molecule has 5 unspecified atom stereocenters. The van der Waals surface area contributed by atoms with Gasteiger partial charge in [0.2, 0.25) is 5.91 Å². The fraction of sp³-hybridized carbons (Fsp3) is 0.562. The second kappa shape index (κ2) is 13.9. The Morgan fingerprint density at radius 3 is 2.37 bits per heavy atom. The van der Waals surface area contributed by atoms with Gasteiger partial charge >= 0.3 is 7.82 Å². The van der Waals surface area contributed by atoms with Crippen molar-refractivity contribution < 1.29 is 33.6 Å². The number of carbonyl (C=O) groups is 2. The molecule has 0 radical (unpaired) electrons. The first-order valence-corrected chi connectivity index (χ1v) is 16.7. The summed E-state index contributed by atoms with van der Waals surface area (Å²) in [6, 6.07) is 12.9. The Morgan fingerprint density at radius 2 is 1.72 bits per heavy atom. The first kappa shape index (κ1) is 33.1. The predicted molar refractivity (Wildman–Crippen MR) is 165 cm³/mol. The molecule has 4 rings (SSSR count). The molecule has 2 aromatic rings. The number of hydrogen-bond donors (Lipinski definition) is 5. The van der Waals surface area contributed by atoms with Gasteiger partial charge in [-0.1, -0.05) is 55.7 Å². The molecule has 11 heteroatoms. The van der Waals surface area contributed by atoms with Crippen LogP contribution in [0, 0.1) is 18.8 Å². The maximum absolute atomic E-state index is 13.5. The van der Waals surface area contributed by atoms with Crippen LogP contribution in [0.15, 0.2) is 48.5 Å². The van der Waals surface area contributed by atoms with Gasteiger partial charge in [0.15, 0.2) is 0 Å². The number of hydrogen-bond acceptors (Lipinski definition) is 6. The van der Waals surface area contributed by atoms with Crippen LogP contribution < -0.4 is 15.2 Å². The minimum absolute atomic E-state index is 0.0372. The second-order valence-electron chi connectivity index (χ2n) is 13.1. The van der Waals surface area contributed by atoms with Gasteiger partial charge in [-0.05, 0) is 76.5 Å². The van der Waals surface area contributed by atoms with Crippen LogP contribution >= 0.6 is 7.82 Å². The Kier molecular flexibility index (Phi) is 10.7. The van der Waals surface area contributed by atoms with Crippen LogP contribution in [-0.4, -0.2) is 68.4 Å². The zero-order chi connectivity index (χ0) is 31.4. The standard InChI is InChI=1S/C32H46N3O7P/c1-21-25(15-10-16-29(21)42-43(39,40)41)30(37)33-26(17-22-11-6-5-7-12-22)28(36)20-35-19-24-14-9-8-13-23(24)18-27(35)31(38)34-32(2,3)4/h5-7,10-12,15-16,23-24,26-28,36H,8-9,13-14,17-20H2,1-4H3,(H,33,37)(H,34,38)(H2,39,40,41). The van der Waals surface area contributed by atoms with Gasteiger partial charge in [0.05, 0.1) is 18.2 Å². The number of amides is 2. The molecule has 1 aliphatic carbocycles. The lowest BCUT2D eigenvalue weighted by molar-refractivity contribution is -0.132. The van der Waals surface area contributed by atoms with Crippen molar-refractivity contribution in [3.63, 3.8) is 0 Å². The fourth-order valence-electron chi connectivity index (χ4n) is 6.48. The van der Waals surface area contributed by atoms with Crippen LogP contribution in [0.4, 0.5) is 0 Å². The summed E-state index contributed by atoms with van der Waals surface area (Å²) in [5, 5.41) is 17.8. The van der Waals surface area contributed by atoms with Gasteiger partial charge in [0.25, 0.3) is 5.91 Å². The molecule has 2 aliphatic rings. The molecular weight excluding hydrogens is 569 g/mol. The molecule has 1 saturated heterocycles. The second-order valence-corrected chi connectivity index (χ2v) is 14.3. The number of phosphoric ester groups is 1. The summed E-state index contributed by atoms with van der Waals surface area (Å²) in [4.78, 5) is 47.7. The average molecular weight is 616 g/mol. The summed E-state index contributed by atoms with van der Waals surface area (Å²) >= 11 is 0. The van der Waals surface area contributed by atoms with E-state index in [-0.39, 0.29) is 40.9 Å². The first-order valence-electron chi connectivity index (χ1n) is 15.1. The minimum Gasteiger partial charge on any atom is -0.404 e. The smallest absolute Gasteiger partial charge is 0.404 e. The number of fused-ring (bicyclic) bond motifs is 1. The van der Waals surface area contributed by atoms with E-state index in [2.05, 4.69) is 15.5 Å². The van der Waals surface area contributed by atoms with Crippen molar-refractivity contribution in [2.75, 3.05) is 13.1 Å². The molecule has 1 heterocycles. The topological polar surface area (TPSA) is 148 Å². The van der Waals surface area contributed by atoms with Gasteiger partial charge in [-0.2, -0.15) is 0 Å². The lowest BCUT2D eigenvalue weighted by Crippen LogP contribution is -2.60. The third-order valence-corrected chi connectivity index (χ3v) is 8.98. The van der Waals surface area contributed by atoms with E-state index in [1.165, 1.54) is 25.0 Å². The number of aliphatic hydroxyl groups excluding tert-OH is 1. The minimum atomic E-state index is -4.82. The van der Waals surface area contributed by atoms with E-state index in [1.807, 2.05) is 51.1 Å². The molecule has 1 aliphatic heterocycles. The highest BCUT2D eigenvalue weighted by Gasteiger charge is 2.41. The van der Waals surface area contributed by atoms with Crippen molar-refractivity contribution in [3.05, 3.63) is 65.2 Å². The molecule has 0 spiro atoms. The van der Waals surface area contributed by atoms with Crippen molar-refractivity contribution in [1.82, 2.24) is 15.5 Å². The number of nitrogens with zero attached hydrogens (tertiary/aromatic N) is 1. The molecule has 2 fully saturated rings. The van der Waals surface area contributed by atoms with Crippen LogP contribution in [0.3, 0.4) is 0 Å². The summed E-state index contributed by atoms with van der Waals surface area (Å²) in [5.74, 6) is 0.334. The number of benzene rings is 2. The van der Waals surface area contributed by atoms with E-state index in [9.17, 15) is 29.0 Å². The van der Waals surface area contributed by atoms with E-state index >= 15 is 0 Å². The number of piperidine rings is 1. The van der Waals surface area contributed by atoms with Gasteiger partial charge in [0.1, 0.15) is 5.75 Å². The van der Waals surface area contributed by atoms with Crippen molar-refractivity contribution >= 4 is 19.6 Å². The highest BCUT2D eigenvalue weighted by molar-refractivity contribution is 7.46. The number of likely N-dealkylation sites (tertiary alicyclic amines) is 1. The molecule has 2 aromatic carbocycles. The van der Waals surface area contributed by atoms with Crippen molar-refractivity contribution in [3.8, 4) is 5.75 Å². The molecule has 0 bridgehead atoms. The molecule has 5 N–H and O–H groups in total. The normalized spacial score (nSPS) is 22.6. The number of carbonyl (C=O) groups excluding carboxylic acids is 2. The molecule has 10 nitrogen and oxygen atoms in total. The van der Waals surface area contributed by atoms with Gasteiger partial charge in [-0.25, -0.2) is 4.57 Å². The van der Waals surface area contributed by atoms with E-state index in [1.54, 1.807) is 13.0 Å². The average Bonchev–Trinajstić information content (AvgIpc) is 2.92. The zero-order valence-electron chi connectivity index (χ0n) is 25.5. The van der Waals surface area contributed by atoms with Gasteiger partial charge in [-0.15, -0.1) is 0 Å². The maximum atomic E-state index is 13.5. The molecule has 2 amide bonds. The molecule has 1 saturated carbocycles. The number of β-amino-alcohol motifs (C(OH)–C–C–N with tert-alkyl or cyclic N) is 1. The van der Waals surface area contributed by atoms with E-state index in [4.69, 9.17) is 4.52 Å². The first-order chi connectivity index (χ1) is 20.2. The van der Waals surface area contributed by atoms with E-state index < -0.39 is 25.9 Å². The number of aliphatic hydroxyl groups is 1. The van der Waals surface area contributed by atoms with E-state index in [0.29, 0.717) is 18.3 Å². The van der Waals surface area contributed by atoms with Gasteiger partial charge < -0.3 is 20.3 Å². The Balaban J connectivity index is 1.57. The lowest BCUT2D eigenvalue weighted by Gasteiger charge is -2.47. The Hall–Kier alpha value is -2.75. The quantitative estimate of drug-likeness (QED) is 0.252. The highest BCUT2D eigenvalue weighted by Crippen LogP contribution is 2.40. The van der Waals surface area contributed by atoms with Crippen LogP contribution in [0.25, 0.3) is 0 Å². The van der Waals surface area contributed by atoms with Crippen LogP contribution in [0.1, 0.15) is 74.4 Å². The number of rotatable bonds is 10. The maximum Gasteiger partial charge on any atom is 0.524 e. The predicted octanol–water partition coefficient (Wildman–Crippen LogP) is 3.96. The van der Waals surface area contributed by atoms with Crippen molar-refractivity contribution in [1.29, 1.82) is 0 Å². The fourth-order valence-corrected chi connectivity index (χ4v) is 6.93. The molecule has 5 atom stereocenters. The molecule has 43 heavy (non-hydrogen) atoms. The van der Waals surface area contributed by atoms with Crippen molar-refractivity contribution in [2.24, 2.45) is 11.8 Å². The largest absolute Gasteiger partial charge is 0.524 e. The van der Waals surface area contributed by atoms with Crippen LogP contribution in [0.2, 0.25) is 0 Å². The third kappa shape index (κ3) is 9.37. The summed E-state index contributed by atoms with van der Waals surface area (Å²) in [6.45, 7) is 8.37. The monoisotopic (exact) mass is 615 g/mol. The van der Waals surface area contributed by atoms with Crippen LogP contribution in [0.5, 0.6) is 5.75 Å². The van der Waals surface area contributed by atoms with Gasteiger partial charge in [0, 0.05) is 29.8 Å².